The van der Waals surface area contributed by atoms with Crippen molar-refractivity contribution in [2.24, 2.45) is 0 Å². The summed E-state index contributed by atoms with van der Waals surface area (Å²) in [5.41, 5.74) is 0.186. The largest absolute Gasteiger partial charge is 0.495 e. The summed E-state index contributed by atoms with van der Waals surface area (Å²) in [4.78, 5) is 12.2. The van der Waals surface area contributed by atoms with Crippen LogP contribution < -0.4 is 10.1 Å². The zero-order valence-electron chi connectivity index (χ0n) is 12.8. The Bertz CT molecular complexity index is 929. The van der Waals surface area contributed by atoms with E-state index in [9.17, 15) is 18.0 Å². The van der Waals surface area contributed by atoms with Gasteiger partial charge in [-0.05, 0) is 24.3 Å². The molecule has 0 saturated carbocycles. The van der Waals surface area contributed by atoms with E-state index in [2.05, 4.69) is 15.5 Å². The molecule has 0 aliphatic carbocycles. The second-order valence-electron chi connectivity index (χ2n) is 4.95. The number of ether oxygens (including phenoxy) is 1. The molecule has 0 saturated heterocycles. The standard InChI is InChI=1S/C16H11F3N4O2/c1-25-15-3-2-9(23-7-20-21-8-23)4-14(15)22-16(24)10-5-12(18)13(19)6-11(10)17/h2-8H,1H3,(H,22,24). The highest BCUT2D eigenvalue weighted by molar-refractivity contribution is 6.05. The number of aromatic nitrogens is 3. The molecular formula is C16H11F3N4O2. The minimum absolute atomic E-state index is 0.211. The monoisotopic (exact) mass is 348 g/mol. The van der Waals surface area contributed by atoms with Gasteiger partial charge in [0.05, 0.1) is 24.0 Å². The number of hydrogen-bond donors (Lipinski definition) is 1. The molecule has 0 radical (unpaired) electrons. The van der Waals surface area contributed by atoms with Crippen LogP contribution in [-0.4, -0.2) is 27.8 Å². The van der Waals surface area contributed by atoms with Crippen LogP contribution in [0, 0.1) is 17.5 Å². The van der Waals surface area contributed by atoms with E-state index in [1.54, 1.807) is 16.7 Å². The molecule has 1 N–H and O–H groups in total. The quantitative estimate of drug-likeness (QED) is 0.736. The van der Waals surface area contributed by atoms with Gasteiger partial charge in [-0.3, -0.25) is 9.36 Å². The fourth-order valence-corrected chi connectivity index (χ4v) is 2.17. The number of rotatable bonds is 4. The number of amides is 1. The molecule has 0 bridgehead atoms. The van der Waals surface area contributed by atoms with E-state index in [0.717, 1.165) is 0 Å². The van der Waals surface area contributed by atoms with Crippen LogP contribution in [0.3, 0.4) is 0 Å². The van der Waals surface area contributed by atoms with Gasteiger partial charge in [0, 0.05) is 6.07 Å². The third kappa shape index (κ3) is 3.30. The number of methoxy groups -OCH3 is 1. The average Bonchev–Trinajstić information content (AvgIpc) is 3.12. The second kappa shape index (κ2) is 6.63. The van der Waals surface area contributed by atoms with Crippen LogP contribution in [0.2, 0.25) is 0 Å². The number of nitrogens with one attached hydrogen (secondary N) is 1. The average molecular weight is 348 g/mol. The maximum atomic E-state index is 13.7. The molecule has 6 nitrogen and oxygen atoms in total. The van der Waals surface area contributed by atoms with Crippen LogP contribution in [0.1, 0.15) is 10.4 Å². The number of hydrogen-bond acceptors (Lipinski definition) is 4. The Labute approximate surface area is 139 Å². The van der Waals surface area contributed by atoms with E-state index in [0.29, 0.717) is 23.6 Å². The van der Waals surface area contributed by atoms with Crippen molar-refractivity contribution in [3.8, 4) is 11.4 Å². The number of carbonyl (C=O) groups is 1. The summed E-state index contributed by atoms with van der Waals surface area (Å²) in [6, 6.07) is 5.62. The summed E-state index contributed by atoms with van der Waals surface area (Å²) < 4.78 is 46.8. The van der Waals surface area contributed by atoms with Crippen molar-refractivity contribution in [1.29, 1.82) is 0 Å². The molecule has 1 amide bonds. The van der Waals surface area contributed by atoms with Gasteiger partial charge in [0.1, 0.15) is 24.2 Å². The highest BCUT2D eigenvalue weighted by atomic mass is 19.2. The lowest BCUT2D eigenvalue weighted by molar-refractivity contribution is 0.102. The van der Waals surface area contributed by atoms with Crippen molar-refractivity contribution < 1.29 is 22.7 Å². The van der Waals surface area contributed by atoms with Gasteiger partial charge in [-0.15, -0.1) is 10.2 Å². The maximum absolute atomic E-state index is 13.7. The lowest BCUT2D eigenvalue weighted by Crippen LogP contribution is -2.15. The number of nitrogens with zero attached hydrogens (tertiary/aromatic N) is 3. The molecule has 2 aromatic carbocycles. The van der Waals surface area contributed by atoms with E-state index in [-0.39, 0.29) is 5.69 Å². The highest BCUT2D eigenvalue weighted by Gasteiger charge is 2.18. The number of halogens is 3. The third-order valence-electron chi connectivity index (χ3n) is 3.40. The smallest absolute Gasteiger partial charge is 0.258 e. The Morgan fingerprint density at radius 1 is 1.04 bits per heavy atom. The maximum Gasteiger partial charge on any atom is 0.258 e. The van der Waals surface area contributed by atoms with Crippen LogP contribution in [-0.2, 0) is 0 Å². The van der Waals surface area contributed by atoms with Crippen molar-refractivity contribution in [2.45, 2.75) is 0 Å². The minimum atomic E-state index is -1.37. The number of carbonyl (C=O) groups excluding carboxylic acids is 1. The Kier molecular flexibility index (Phi) is 4.38. The van der Waals surface area contributed by atoms with Gasteiger partial charge in [-0.25, -0.2) is 13.2 Å². The minimum Gasteiger partial charge on any atom is -0.495 e. The fourth-order valence-electron chi connectivity index (χ4n) is 2.17. The highest BCUT2D eigenvalue weighted by Crippen LogP contribution is 2.28. The first kappa shape index (κ1) is 16.5. The van der Waals surface area contributed by atoms with Gasteiger partial charge in [0.2, 0.25) is 0 Å². The van der Waals surface area contributed by atoms with E-state index < -0.39 is 28.9 Å². The van der Waals surface area contributed by atoms with Gasteiger partial charge >= 0.3 is 0 Å². The Morgan fingerprint density at radius 3 is 2.40 bits per heavy atom. The zero-order valence-corrected chi connectivity index (χ0v) is 12.8. The van der Waals surface area contributed by atoms with Crippen LogP contribution >= 0.6 is 0 Å². The Balaban J connectivity index is 1.95. The molecule has 1 aromatic heterocycles. The molecule has 3 aromatic rings. The Hall–Kier alpha value is -3.36. The van der Waals surface area contributed by atoms with E-state index in [1.807, 2.05) is 0 Å². The molecule has 3 rings (SSSR count). The molecule has 0 spiro atoms. The predicted octanol–water partition coefficient (Wildman–Crippen LogP) is 2.95. The van der Waals surface area contributed by atoms with Crippen molar-refractivity contribution >= 4 is 11.6 Å². The van der Waals surface area contributed by atoms with Gasteiger partial charge in [0.25, 0.3) is 5.91 Å². The van der Waals surface area contributed by atoms with Crippen LogP contribution in [0.5, 0.6) is 5.75 Å². The van der Waals surface area contributed by atoms with Crippen molar-refractivity contribution in [2.75, 3.05) is 12.4 Å². The summed E-state index contributed by atoms with van der Waals surface area (Å²) in [7, 11) is 1.39. The zero-order chi connectivity index (χ0) is 18.0. The first-order valence-electron chi connectivity index (χ1n) is 6.98. The lowest BCUT2D eigenvalue weighted by Gasteiger charge is -2.13. The fraction of sp³-hybridized carbons (Fsp3) is 0.0625. The van der Waals surface area contributed by atoms with E-state index in [1.165, 1.54) is 25.8 Å². The van der Waals surface area contributed by atoms with Crippen molar-refractivity contribution in [3.05, 3.63) is 66.0 Å². The molecule has 0 aliphatic rings. The lowest BCUT2D eigenvalue weighted by atomic mass is 10.1. The van der Waals surface area contributed by atoms with Gasteiger partial charge < -0.3 is 10.1 Å². The molecular weight excluding hydrogens is 337 g/mol. The first-order valence-corrected chi connectivity index (χ1v) is 6.98. The summed E-state index contributed by atoms with van der Waals surface area (Å²) >= 11 is 0. The Morgan fingerprint density at radius 2 is 1.72 bits per heavy atom. The summed E-state index contributed by atoms with van der Waals surface area (Å²) in [5, 5.41) is 9.77. The molecule has 1 heterocycles. The normalized spacial score (nSPS) is 10.6. The SMILES string of the molecule is COc1ccc(-n2cnnc2)cc1NC(=O)c1cc(F)c(F)cc1F. The molecule has 0 aliphatic heterocycles. The van der Waals surface area contributed by atoms with E-state index >= 15 is 0 Å². The molecule has 128 valence electrons. The molecule has 0 atom stereocenters. The van der Waals surface area contributed by atoms with Crippen LogP contribution in [0.4, 0.5) is 18.9 Å². The topological polar surface area (TPSA) is 69.0 Å². The molecule has 9 heteroatoms. The van der Waals surface area contributed by atoms with Gasteiger partial charge in [0.15, 0.2) is 11.6 Å². The molecule has 0 unspecified atom stereocenters. The third-order valence-corrected chi connectivity index (χ3v) is 3.40. The second-order valence-corrected chi connectivity index (χ2v) is 4.95. The van der Waals surface area contributed by atoms with Crippen LogP contribution in [0.25, 0.3) is 5.69 Å². The van der Waals surface area contributed by atoms with Gasteiger partial charge in [-0.1, -0.05) is 0 Å². The van der Waals surface area contributed by atoms with E-state index in [4.69, 9.17) is 4.74 Å². The van der Waals surface area contributed by atoms with Crippen molar-refractivity contribution in [1.82, 2.24) is 14.8 Å². The summed E-state index contributed by atoms with van der Waals surface area (Å²) in [6.07, 6.45) is 2.89. The summed E-state index contributed by atoms with van der Waals surface area (Å²) in [6.45, 7) is 0. The van der Waals surface area contributed by atoms with Crippen molar-refractivity contribution in [3.63, 3.8) is 0 Å². The number of anilines is 1. The number of benzene rings is 2. The molecule has 0 fully saturated rings. The van der Waals surface area contributed by atoms with Crippen LogP contribution in [0.15, 0.2) is 43.0 Å². The van der Waals surface area contributed by atoms with Gasteiger partial charge in [-0.2, -0.15) is 0 Å². The molecule has 25 heavy (non-hydrogen) atoms. The first-order chi connectivity index (χ1) is 12.0. The summed E-state index contributed by atoms with van der Waals surface area (Å²) in [5.74, 6) is -4.52. The predicted molar refractivity (Wildman–Crippen MR) is 82.2 cm³/mol.